The Morgan fingerprint density at radius 3 is 1.79 bits per heavy atom. The van der Waals surface area contributed by atoms with Gasteiger partial charge in [-0.05, 0) is 97.2 Å². The number of carboxylic acid groups (broad SMARTS) is 1. The third-order valence-electron chi connectivity index (χ3n) is 14.2. The summed E-state index contributed by atoms with van der Waals surface area (Å²) >= 11 is 0. The van der Waals surface area contributed by atoms with E-state index >= 15 is 0 Å². The maximum absolute atomic E-state index is 13.8. The number of anilines is 2. The number of ether oxygens (including phenoxy) is 1. The zero-order valence-corrected chi connectivity index (χ0v) is 48.2. The lowest BCUT2D eigenvalue weighted by molar-refractivity contribution is -0.139. The highest BCUT2D eigenvalue weighted by Gasteiger charge is 2.36. The molecule has 0 bridgehead atoms. The number of carboxylic acids is 1. The molecule has 6 aromatic rings. The summed E-state index contributed by atoms with van der Waals surface area (Å²) in [5.74, 6) is 0.380. The van der Waals surface area contributed by atoms with Crippen molar-refractivity contribution in [2.24, 2.45) is 5.73 Å². The van der Waals surface area contributed by atoms with Crippen LogP contribution in [0.15, 0.2) is 85.2 Å². The lowest BCUT2D eigenvalue weighted by Crippen LogP contribution is -2.46. The molecule has 0 radical (unpaired) electrons. The number of aromatic nitrogens is 6. The van der Waals surface area contributed by atoms with Crippen LogP contribution < -0.4 is 35.6 Å². The van der Waals surface area contributed by atoms with E-state index in [1.807, 2.05) is 55.3 Å². The van der Waals surface area contributed by atoms with Crippen molar-refractivity contribution in [2.45, 2.75) is 128 Å². The Bertz CT molecular complexity index is 3350. The summed E-state index contributed by atoms with van der Waals surface area (Å²) in [4.78, 5) is 52.7. The van der Waals surface area contributed by atoms with Crippen molar-refractivity contribution in [3.05, 3.63) is 119 Å². The van der Waals surface area contributed by atoms with Gasteiger partial charge in [-0.15, -0.1) is 0 Å². The average Bonchev–Trinajstić information content (AvgIpc) is 4.33. The average molecular weight is 1140 g/mol. The number of carbonyl (C=O) groups is 3. The van der Waals surface area contributed by atoms with E-state index in [-0.39, 0.29) is 30.1 Å². The number of sulfonamides is 2. The Balaban J connectivity index is 0.000000171. The summed E-state index contributed by atoms with van der Waals surface area (Å²) in [5.41, 5.74) is 12.2. The van der Waals surface area contributed by atoms with E-state index in [4.69, 9.17) is 35.7 Å². The molecule has 2 aromatic carbocycles. The van der Waals surface area contributed by atoms with Gasteiger partial charge in [0.25, 0.3) is 0 Å². The minimum Gasteiger partial charge on any atom is -0.480 e. The topological polar surface area (TPSA) is 293 Å². The number of piperidine rings is 2. The molecule has 25 heteroatoms. The van der Waals surface area contributed by atoms with Crippen LogP contribution in [0.3, 0.4) is 0 Å². The fourth-order valence-corrected chi connectivity index (χ4v) is 11.9. The number of carbonyl (C=O) groups excluding carboxylic acids is 2. The van der Waals surface area contributed by atoms with E-state index in [0.29, 0.717) is 23.7 Å². The monoisotopic (exact) mass is 1140 g/mol. The van der Waals surface area contributed by atoms with Gasteiger partial charge in [0.2, 0.25) is 26.0 Å². The highest BCUT2D eigenvalue weighted by molar-refractivity contribution is 7.89. The normalized spacial score (nSPS) is 20.6. The van der Waals surface area contributed by atoms with Crippen LogP contribution in [-0.4, -0.2) is 143 Å². The van der Waals surface area contributed by atoms with Crippen LogP contribution in [-0.2, 0) is 34.4 Å². The quantitative estimate of drug-likeness (QED) is 0.0862. The van der Waals surface area contributed by atoms with E-state index in [2.05, 4.69) is 44.3 Å². The number of fused-ring (bicyclic) bond motifs is 2. The Hall–Kier alpha value is -6.77. The molecule has 0 aliphatic carbocycles. The Labute approximate surface area is 468 Å². The van der Waals surface area contributed by atoms with Gasteiger partial charge >= 0.3 is 12.1 Å². The number of alkyl carbamates (subject to hydrolysis) is 1. The standard InChI is InChI=1S/C25H33N7O3S.C21H32N6O2.C9H11NO4S/c1-17-15-32-22(27-24(17)30-13-11-19(26)16-30)14-20(28-32)21-10-6-7-12-31(21)25(33)23(29-36(2,34)35)18-8-4-3-5-9-18;1-14-12-27-18(11-17(25-27)16-7-5-6-9-22-16)24-19(14)26-10-8-15(13-26)23-20(28)29-21(2,3)4;1-15(13,14)10-8(9(11)12)7-5-3-2-4-6-7/h3-5,8-9,14-15,19,21,23,29H,6-7,10-13,16,26H2,1-2H3;11-12,15-16,22H,5-10,13H2,1-4H3,(H,23,28);2-6,8,10H,1H3,(H,11,12)/t19-,21-,23?;15-,16?;/m00./s1. The number of likely N-dealkylation sites (tertiary alicyclic amines) is 1. The molecule has 0 saturated carbocycles. The molecule has 4 saturated heterocycles. The van der Waals surface area contributed by atoms with Gasteiger partial charge in [-0.3, -0.25) is 9.59 Å². The zero-order valence-electron chi connectivity index (χ0n) is 46.6. The van der Waals surface area contributed by atoms with Crippen molar-refractivity contribution < 1.29 is 41.1 Å². The Morgan fingerprint density at radius 1 is 0.713 bits per heavy atom. The van der Waals surface area contributed by atoms with Crippen LogP contribution in [0.4, 0.5) is 16.4 Å². The number of aryl methyl sites for hydroxylation is 2. The molecule has 2 amide bonds. The fourth-order valence-electron chi connectivity index (χ4n) is 10.6. The third-order valence-corrected chi connectivity index (χ3v) is 15.5. The van der Waals surface area contributed by atoms with Gasteiger partial charge in [-0.25, -0.2) is 40.6 Å². The number of nitrogens with zero attached hydrogens (tertiary/aromatic N) is 9. The highest BCUT2D eigenvalue weighted by Crippen LogP contribution is 2.34. The highest BCUT2D eigenvalue weighted by atomic mass is 32.2. The number of benzene rings is 2. The fraction of sp³-hybridized carbons (Fsp3) is 0.509. The largest absolute Gasteiger partial charge is 0.480 e. The van der Waals surface area contributed by atoms with Crippen LogP contribution >= 0.6 is 0 Å². The molecule has 4 aliphatic rings. The first-order chi connectivity index (χ1) is 37.9. The number of hydrogen-bond donors (Lipinski definition) is 6. The molecule has 432 valence electrons. The molecule has 6 atom stereocenters. The first kappa shape index (κ1) is 59.4. The van der Waals surface area contributed by atoms with Crippen LogP contribution in [0.25, 0.3) is 11.3 Å². The van der Waals surface area contributed by atoms with Gasteiger partial charge in [0.05, 0.1) is 42.0 Å². The first-order valence-corrected chi connectivity index (χ1v) is 31.0. The number of rotatable bonds is 13. The molecule has 4 fully saturated rings. The number of nitrogens with two attached hydrogens (primary N) is 1. The summed E-state index contributed by atoms with van der Waals surface area (Å²) in [7, 11) is -7.17. The second-order valence-corrected chi connectivity index (χ2v) is 25.7. The minimum atomic E-state index is -3.62. The first-order valence-electron chi connectivity index (χ1n) is 27.2. The third kappa shape index (κ3) is 15.8. The number of hydrogen-bond acceptors (Lipinski definition) is 16. The molecule has 80 heavy (non-hydrogen) atoms. The van der Waals surface area contributed by atoms with Gasteiger partial charge in [0.15, 0.2) is 11.3 Å². The van der Waals surface area contributed by atoms with Crippen molar-refractivity contribution in [1.82, 2.24) is 54.2 Å². The molecule has 8 heterocycles. The van der Waals surface area contributed by atoms with Crippen molar-refractivity contribution in [2.75, 3.05) is 61.6 Å². The van der Waals surface area contributed by atoms with E-state index in [0.717, 1.165) is 129 Å². The second kappa shape index (κ2) is 25.4. The minimum absolute atomic E-state index is 0.0641. The summed E-state index contributed by atoms with van der Waals surface area (Å²) in [6, 6.07) is 19.2. The Morgan fingerprint density at radius 2 is 1.25 bits per heavy atom. The van der Waals surface area contributed by atoms with Crippen LogP contribution in [0, 0.1) is 13.8 Å². The zero-order chi connectivity index (χ0) is 57.5. The molecular weight excluding hydrogens is 1060 g/mol. The summed E-state index contributed by atoms with van der Waals surface area (Å²) < 4.78 is 59.8. The maximum atomic E-state index is 13.8. The Kier molecular flexibility index (Phi) is 18.8. The van der Waals surface area contributed by atoms with E-state index in [1.54, 1.807) is 64.0 Å². The van der Waals surface area contributed by atoms with Gasteiger partial charge < -0.3 is 40.9 Å². The van der Waals surface area contributed by atoms with Crippen molar-refractivity contribution in [3.8, 4) is 0 Å². The van der Waals surface area contributed by atoms with Crippen LogP contribution in [0.1, 0.15) is 130 Å². The van der Waals surface area contributed by atoms with Gasteiger partial charge in [-0.2, -0.15) is 19.6 Å². The van der Waals surface area contributed by atoms with Gasteiger partial charge in [0.1, 0.15) is 29.3 Å². The lowest BCUT2D eigenvalue weighted by atomic mass is 9.97. The van der Waals surface area contributed by atoms with Crippen LogP contribution in [0.2, 0.25) is 0 Å². The molecule has 3 unspecified atom stereocenters. The predicted octanol–water partition coefficient (Wildman–Crippen LogP) is 5.24. The van der Waals surface area contributed by atoms with Gasteiger partial charge in [0, 0.05) is 74.4 Å². The molecule has 0 spiro atoms. The molecule has 4 aliphatic heterocycles. The lowest BCUT2D eigenvalue weighted by Gasteiger charge is -2.37. The molecular formula is C55H76N14O9S2. The maximum Gasteiger partial charge on any atom is 0.407 e. The summed E-state index contributed by atoms with van der Waals surface area (Å²) in [6.45, 7) is 14.5. The van der Waals surface area contributed by atoms with Crippen molar-refractivity contribution in [1.29, 1.82) is 0 Å². The number of aliphatic carboxylic acids is 1. The molecule has 23 nitrogen and oxygen atoms in total. The van der Waals surface area contributed by atoms with Crippen molar-refractivity contribution >= 4 is 60.9 Å². The smallest absolute Gasteiger partial charge is 0.407 e. The number of amides is 2. The van der Waals surface area contributed by atoms with E-state index in [1.165, 1.54) is 12.8 Å². The van der Waals surface area contributed by atoms with Crippen molar-refractivity contribution in [3.63, 3.8) is 0 Å². The number of nitrogens with one attached hydrogen (secondary N) is 4. The second-order valence-electron chi connectivity index (χ2n) is 22.2. The summed E-state index contributed by atoms with van der Waals surface area (Å²) in [5, 5.41) is 25.0. The van der Waals surface area contributed by atoms with E-state index in [9.17, 15) is 31.2 Å². The van der Waals surface area contributed by atoms with Crippen LogP contribution in [0.5, 0.6) is 0 Å². The summed E-state index contributed by atoms with van der Waals surface area (Å²) in [6.07, 6.45) is 13.7. The predicted molar refractivity (Wildman–Crippen MR) is 305 cm³/mol. The molecule has 10 rings (SSSR count). The molecule has 4 aromatic heterocycles. The SMILES string of the molecule is CS(=O)(=O)NC(C(=O)O)c1ccccc1.Cc1cn2nc(C3CCCCN3)cc2nc1N1CC[C@H](NC(=O)OC(C)(C)C)C1.Cc1cn2nc([C@@H]3CCCCN3C(=O)C(NS(C)(=O)=O)c3ccccc3)cc2nc1N1CC[C@H](N)C1. The molecule has 7 N–H and O–H groups in total. The van der Waals surface area contributed by atoms with E-state index < -0.39 is 43.7 Å². The van der Waals surface area contributed by atoms with Gasteiger partial charge in [-0.1, -0.05) is 67.1 Å².